The number of hydrogen-bond donors (Lipinski definition) is 2. The van der Waals surface area contributed by atoms with Crippen LogP contribution in [0.1, 0.15) is 29.8 Å². The topological polar surface area (TPSA) is 83.3 Å². The zero-order chi connectivity index (χ0) is 16.9. The van der Waals surface area contributed by atoms with Crippen LogP contribution in [0, 0.1) is 0 Å². The molecule has 1 aromatic carbocycles. The van der Waals surface area contributed by atoms with Crippen molar-refractivity contribution >= 4 is 6.03 Å². The molecule has 2 N–H and O–H groups in total. The van der Waals surface area contributed by atoms with Crippen LogP contribution in [-0.4, -0.2) is 40.7 Å². The van der Waals surface area contributed by atoms with E-state index >= 15 is 0 Å². The van der Waals surface area contributed by atoms with Crippen molar-refractivity contribution in [1.82, 2.24) is 25.7 Å². The predicted molar refractivity (Wildman–Crippen MR) is 89.3 cm³/mol. The molecule has 0 aliphatic carbocycles. The van der Waals surface area contributed by atoms with Gasteiger partial charge in [-0.3, -0.25) is 0 Å². The van der Waals surface area contributed by atoms with Gasteiger partial charge in [0.25, 0.3) is 0 Å². The van der Waals surface area contributed by atoms with E-state index in [9.17, 15) is 4.79 Å². The first-order chi connectivity index (χ1) is 11.7. The molecule has 0 radical (unpaired) electrons. The van der Waals surface area contributed by atoms with Crippen molar-refractivity contribution in [1.29, 1.82) is 0 Å². The van der Waals surface area contributed by atoms with Gasteiger partial charge in [-0.25, -0.2) is 4.79 Å². The molecule has 3 rings (SSSR count). The molecule has 24 heavy (non-hydrogen) atoms. The van der Waals surface area contributed by atoms with Crippen LogP contribution >= 0.6 is 0 Å². The monoisotopic (exact) mass is 329 g/mol. The van der Waals surface area contributed by atoms with Gasteiger partial charge in [0, 0.05) is 25.6 Å². The first-order valence-corrected chi connectivity index (χ1v) is 8.24. The van der Waals surface area contributed by atoms with Gasteiger partial charge in [0.1, 0.15) is 0 Å². The number of aromatic nitrogens is 2. The van der Waals surface area contributed by atoms with E-state index in [1.165, 1.54) is 11.1 Å². The zero-order valence-electron chi connectivity index (χ0n) is 14.1. The van der Waals surface area contributed by atoms with Crippen molar-refractivity contribution in [2.45, 2.75) is 38.9 Å². The lowest BCUT2D eigenvalue weighted by atomic mass is 10.0. The fourth-order valence-corrected chi connectivity index (χ4v) is 2.75. The quantitative estimate of drug-likeness (QED) is 0.868. The summed E-state index contributed by atoms with van der Waals surface area (Å²) in [5.74, 6) is 1.08. The highest BCUT2D eigenvalue weighted by Crippen LogP contribution is 2.18. The molecule has 0 bridgehead atoms. The number of carbonyl (C=O) groups is 1. The van der Waals surface area contributed by atoms with Gasteiger partial charge in [-0.05, 0) is 31.5 Å². The number of urea groups is 1. The molecule has 2 aromatic rings. The van der Waals surface area contributed by atoms with Crippen LogP contribution in [0.15, 0.2) is 28.8 Å². The lowest BCUT2D eigenvalue weighted by molar-refractivity contribution is 0.190. The maximum absolute atomic E-state index is 12.3. The molecular weight excluding hydrogens is 306 g/mol. The van der Waals surface area contributed by atoms with Crippen LogP contribution in [0.4, 0.5) is 4.79 Å². The van der Waals surface area contributed by atoms with E-state index in [4.69, 9.17) is 4.52 Å². The van der Waals surface area contributed by atoms with Gasteiger partial charge >= 0.3 is 6.03 Å². The predicted octanol–water partition coefficient (Wildman–Crippen LogP) is 1.49. The van der Waals surface area contributed by atoms with Gasteiger partial charge < -0.3 is 20.1 Å². The summed E-state index contributed by atoms with van der Waals surface area (Å²) in [5, 5.41) is 9.91. The lowest BCUT2D eigenvalue weighted by Gasteiger charge is -2.28. The first kappa shape index (κ1) is 16.4. The average Bonchev–Trinajstić information content (AvgIpc) is 3.06. The van der Waals surface area contributed by atoms with Crippen LogP contribution in [-0.2, 0) is 25.9 Å². The lowest BCUT2D eigenvalue weighted by Crippen LogP contribution is -2.42. The summed E-state index contributed by atoms with van der Waals surface area (Å²) in [6.45, 7) is 3.65. The molecule has 1 aliphatic rings. The number of nitrogens with one attached hydrogen (secondary N) is 2. The van der Waals surface area contributed by atoms with E-state index in [2.05, 4.69) is 32.9 Å². The Morgan fingerprint density at radius 2 is 2.17 bits per heavy atom. The summed E-state index contributed by atoms with van der Waals surface area (Å²) >= 11 is 0. The number of nitrogens with zero attached hydrogens (tertiary/aromatic N) is 3. The number of carbonyl (C=O) groups excluding carboxylic acids is 1. The van der Waals surface area contributed by atoms with E-state index in [0.29, 0.717) is 24.7 Å². The second kappa shape index (κ2) is 7.44. The molecule has 1 unspecified atom stereocenters. The number of hydrogen-bond acceptors (Lipinski definition) is 5. The highest BCUT2D eigenvalue weighted by Gasteiger charge is 2.20. The molecule has 0 saturated heterocycles. The van der Waals surface area contributed by atoms with Gasteiger partial charge in [0.05, 0.1) is 6.54 Å². The molecule has 7 heteroatoms. The third-order valence-corrected chi connectivity index (χ3v) is 4.30. The van der Waals surface area contributed by atoms with E-state index in [1.807, 2.05) is 31.0 Å². The number of rotatable bonds is 5. The maximum atomic E-state index is 12.3. The molecule has 2 heterocycles. The number of benzene rings is 1. The van der Waals surface area contributed by atoms with Gasteiger partial charge in [0.2, 0.25) is 5.89 Å². The van der Waals surface area contributed by atoms with Crippen LogP contribution in [0.3, 0.4) is 0 Å². The van der Waals surface area contributed by atoms with Crippen molar-refractivity contribution in [3.8, 4) is 0 Å². The van der Waals surface area contributed by atoms with Gasteiger partial charge in [-0.2, -0.15) is 4.98 Å². The molecule has 0 fully saturated rings. The fraction of sp³-hybridized carbons (Fsp3) is 0.471. The third-order valence-electron chi connectivity index (χ3n) is 4.30. The Balaban J connectivity index is 1.51. The SMILES string of the molecule is CNC(C)Cc1noc(CNC(=O)N2CCc3ccccc3C2)n1. The van der Waals surface area contributed by atoms with Crippen molar-refractivity contribution < 1.29 is 9.32 Å². The van der Waals surface area contributed by atoms with Crippen molar-refractivity contribution in [3.63, 3.8) is 0 Å². The summed E-state index contributed by atoms with van der Waals surface area (Å²) in [7, 11) is 1.89. The zero-order valence-corrected chi connectivity index (χ0v) is 14.1. The normalized spacial score (nSPS) is 15.0. The minimum Gasteiger partial charge on any atom is -0.337 e. The maximum Gasteiger partial charge on any atom is 0.318 e. The first-order valence-electron chi connectivity index (χ1n) is 8.24. The van der Waals surface area contributed by atoms with Crippen LogP contribution < -0.4 is 10.6 Å². The standard InChI is InChI=1S/C17H23N5O2/c1-12(18-2)9-15-20-16(24-21-15)10-19-17(23)22-8-7-13-5-3-4-6-14(13)11-22/h3-6,12,18H,7-11H2,1-2H3,(H,19,23). The summed E-state index contributed by atoms with van der Waals surface area (Å²) in [4.78, 5) is 18.4. The summed E-state index contributed by atoms with van der Waals surface area (Å²) < 4.78 is 5.18. The van der Waals surface area contributed by atoms with E-state index in [-0.39, 0.29) is 18.6 Å². The van der Waals surface area contributed by atoms with Crippen molar-refractivity contribution in [2.75, 3.05) is 13.6 Å². The second-order valence-corrected chi connectivity index (χ2v) is 6.10. The Morgan fingerprint density at radius 3 is 2.96 bits per heavy atom. The molecule has 7 nitrogen and oxygen atoms in total. The second-order valence-electron chi connectivity index (χ2n) is 6.10. The molecule has 1 aliphatic heterocycles. The fourth-order valence-electron chi connectivity index (χ4n) is 2.75. The summed E-state index contributed by atoms with van der Waals surface area (Å²) in [6, 6.07) is 8.41. The van der Waals surface area contributed by atoms with Crippen molar-refractivity contribution in [3.05, 3.63) is 47.1 Å². The Morgan fingerprint density at radius 1 is 1.38 bits per heavy atom. The van der Waals surface area contributed by atoms with E-state index < -0.39 is 0 Å². The third kappa shape index (κ3) is 3.91. The summed E-state index contributed by atoms with van der Waals surface area (Å²) in [6.07, 6.45) is 1.58. The smallest absolute Gasteiger partial charge is 0.318 e. The molecule has 1 atom stereocenters. The number of likely N-dealkylation sites (N-methyl/N-ethyl adjacent to an activating group) is 1. The highest BCUT2D eigenvalue weighted by molar-refractivity contribution is 5.74. The molecule has 0 saturated carbocycles. The van der Waals surface area contributed by atoms with Crippen LogP contribution in [0.2, 0.25) is 0 Å². The Kier molecular flexibility index (Phi) is 5.10. The van der Waals surface area contributed by atoms with Crippen molar-refractivity contribution in [2.24, 2.45) is 0 Å². The molecule has 2 amide bonds. The van der Waals surface area contributed by atoms with Gasteiger partial charge in [0.15, 0.2) is 5.82 Å². The molecule has 0 spiro atoms. The summed E-state index contributed by atoms with van der Waals surface area (Å²) in [5.41, 5.74) is 2.53. The molecule has 128 valence electrons. The van der Waals surface area contributed by atoms with E-state index in [0.717, 1.165) is 13.0 Å². The minimum absolute atomic E-state index is 0.104. The number of fused-ring (bicyclic) bond motifs is 1. The Labute approximate surface area is 141 Å². The largest absolute Gasteiger partial charge is 0.337 e. The Hall–Kier alpha value is -2.41. The minimum atomic E-state index is -0.104. The molecule has 1 aromatic heterocycles. The van der Waals surface area contributed by atoms with Crippen LogP contribution in [0.5, 0.6) is 0 Å². The highest BCUT2D eigenvalue weighted by atomic mass is 16.5. The van der Waals surface area contributed by atoms with Gasteiger partial charge in [-0.15, -0.1) is 0 Å². The van der Waals surface area contributed by atoms with E-state index in [1.54, 1.807) is 0 Å². The van der Waals surface area contributed by atoms with Crippen LogP contribution in [0.25, 0.3) is 0 Å². The van der Waals surface area contributed by atoms with Gasteiger partial charge in [-0.1, -0.05) is 29.4 Å². The average molecular weight is 329 g/mol. The number of amides is 2. The Bertz CT molecular complexity index is 700. The molecular formula is C17H23N5O2.